The number of phenols is 1. The first-order chi connectivity index (χ1) is 8.81. The SMILES string of the molecule is O=C(Cc1cccc(O)c1)N(CCCl)CC(F)(F)F. The van der Waals surface area contributed by atoms with Crippen LogP contribution in [-0.2, 0) is 11.2 Å². The number of aromatic hydroxyl groups is 1. The highest BCUT2D eigenvalue weighted by atomic mass is 35.5. The summed E-state index contributed by atoms with van der Waals surface area (Å²) in [4.78, 5) is 12.4. The maximum atomic E-state index is 12.3. The summed E-state index contributed by atoms with van der Waals surface area (Å²) in [7, 11) is 0. The van der Waals surface area contributed by atoms with Gasteiger partial charge in [0.1, 0.15) is 12.3 Å². The highest BCUT2D eigenvalue weighted by molar-refractivity contribution is 6.18. The molecule has 7 heteroatoms. The fourth-order valence-corrected chi connectivity index (χ4v) is 1.77. The quantitative estimate of drug-likeness (QED) is 0.848. The molecule has 0 radical (unpaired) electrons. The van der Waals surface area contributed by atoms with Crippen molar-refractivity contribution in [2.24, 2.45) is 0 Å². The first kappa shape index (κ1) is 15.6. The van der Waals surface area contributed by atoms with Crippen LogP contribution in [0.1, 0.15) is 5.56 Å². The van der Waals surface area contributed by atoms with Gasteiger partial charge in [-0.25, -0.2) is 0 Å². The fraction of sp³-hybridized carbons (Fsp3) is 0.417. The Balaban J connectivity index is 2.71. The van der Waals surface area contributed by atoms with Crippen molar-refractivity contribution in [2.45, 2.75) is 12.6 Å². The summed E-state index contributed by atoms with van der Waals surface area (Å²) in [5.41, 5.74) is 0.451. The van der Waals surface area contributed by atoms with Gasteiger partial charge in [0, 0.05) is 12.4 Å². The topological polar surface area (TPSA) is 40.5 Å². The first-order valence-electron chi connectivity index (χ1n) is 5.50. The average Bonchev–Trinajstić information content (AvgIpc) is 2.26. The van der Waals surface area contributed by atoms with E-state index in [2.05, 4.69) is 0 Å². The summed E-state index contributed by atoms with van der Waals surface area (Å²) in [6, 6.07) is 5.84. The lowest BCUT2D eigenvalue weighted by atomic mass is 10.1. The summed E-state index contributed by atoms with van der Waals surface area (Å²) >= 11 is 5.40. The van der Waals surface area contributed by atoms with E-state index in [1.54, 1.807) is 6.07 Å². The van der Waals surface area contributed by atoms with Gasteiger partial charge in [0.2, 0.25) is 5.91 Å². The van der Waals surface area contributed by atoms with Crippen LogP contribution in [0.2, 0.25) is 0 Å². The van der Waals surface area contributed by atoms with Crippen LogP contribution in [0, 0.1) is 0 Å². The second-order valence-electron chi connectivity index (χ2n) is 3.97. The van der Waals surface area contributed by atoms with Crippen molar-refractivity contribution >= 4 is 17.5 Å². The van der Waals surface area contributed by atoms with E-state index in [0.29, 0.717) is 10.5 Å². The predicted octanol–water partition coefficient (Wildman–Crippen LogP) is 2.56. The number of hydrogen-bond acceptors (Lipinski definition) is 2. The average molecular weight is 296 g/mol. The Bertz CT molecular complexity index is 437. The Kier molecular flexibility index (Phi) is 5.47. The molecule has 1 rings (SSSR count). The number of carbonyl (C=O) groups is 1. The third-order valence-electron chi connectivity index (χ3n) is 2.34. The molecule has 1 aromatic carbocycles. The van der Waals surface area contributed by atoms with Crippen LogP contribution >= 0.6 is 11.6 Å². The van der Waals surface area contributed by atoms with Gasteiger partial charge in [-0.3, -0.25) is 4.79 Å². The number of amides is 1. The second-order valence-corrected chi connectivity index (χ2v) is 4.34. The zero-order chi connectivity index (χ0) is 14.5. The molecule has 0 unspecified atom stereocenters. The zero-order valence-corrected chi connectivity index (χ0v) is 10.7. The highest BCUT2D eigenvalue weighted by Gasteiger charge is 2.32. The van der Waals surface area contributed by atoms with Gasteiger partial charge in [0.05, 0.1) is 6.42 Å². The Hall–Kier alpha value is -1.43. The monoisotopic (exact) mass is 295 g/mol. The number of benzene rings is 1. The van der Waals surface area contributed by atoms with Crippen molar-refractivity contribution in [1.29, 1.82) is 0 Å². The molecule has 0 aromatic heterocycles. The van der Waals surface area contributed by atoms with Gasteiger partial charge < -0.3 is 10.0 Å². The van der Waals surface area contributed by atoms with Crippen LogP contribution in [0.4, 0.5) is 13.2 Å². The van der Waals surface area contributed by atoms with Gasteiger partial charge in [-0.15, -0.1) is 11.6 Å². The number of halogens is 4. The van der Waals surface area contributed by atoms with E-state index in [-0.39, 0.29) is 24.6 Å². The molecule has 3 nitrogen and oxygen atoms in total. The van der Waals surface area contributed by atoms with Crippen LogP contribution in [0.5, 0.6) is 5.75 Å². The third kappa shape index (κ3) is 5.83. The maximum Gasteiger partial charge on any atom is 0.406 e. The van der Waals surface area contributed by atoms with Gasteiger partial charge in [-0.05, 0) is 17.7 Å². The van der Waals surface area contributed by atoms with Crippen molar-refractivity contribution < 1.29 is 23.1 Å². The van der Waals surface area contributed by atoms with Gasteiger partial charge in [-0.1, -0.05) is 12.1 Å². The van der Waals surface area contributed by atoms with E-state index in [1.807, 2.05) is 0 Å². The van der Waals surface area contributed by atoms with Crippen LogP contribution in [-0.4, -0.2) is 41.1 Å². The highest BCUT2D eigenvalue weighted by Crippen LogP contribution is 2.18. The summed E-state index contributed by atoms with van der Waals surface area (Å²) in [5, 5.41) is 9.23. The number of hydrogen-bond donors (Lipinski definition) is 1. The normalized spacial score (nSPS) is 11.4. The first-order valence-corrected chi connectivity index (χ1v) is 6.03. The molecule has 0 atom stereocenters. The molecule has 1 N–H and O–H groups in total. The van der Waals surface area contributed by atoms with Crippen LogP contribution in [0.25, 0.3) is 0 Å². The molecule has 0 aliphatic rings. The molecule has 0 heterocycles. The van der Waals surface area contributed by atoms with Crippen molar-refractivity contribution in [3.63, 3.8) is 0 Å². The number of nitrogens with zero attached hydrogens (tertiary/aromatic N) is 1. The number of alkyl halides is 4. The van der Waals surface area contributed by atoms with Gasteiger partial charge in [0.15, 0.2) is 0 Å². The molecule has 0 saturated heterocycles. The minimum atomic E-state index is -4.46. The molecule has 106 valence electrons. The Morgan fingerprint density at radius 3 is 2.58 bits per heavy atom. The molecule has 0 aliphatic heterocycles. The molecule has 0 fully saturated rings. The van der Waals surface area contributed by atoms with Crippen molar-refractivity contribution in [2.75, 3.05) is 19.0 Å². The third-order valence-corrected chi connectivity index (χ3v) is 2.51. The number of rotatable bonds is 5. The Morgan fingerprint density at radius 1 is 1.37 bits per heavy atom. The van der Waals surface area contributed by atoms with Crippen molar-refractivity contribution in [1.82, 2.24) is 4.90 Å². The lowest BCUT2D eigenvalue weighted by Gasteiger charge is -2.23. The molecule has 0 saturated carbocycles. The van der Waals surface area contributed by atoms with E-state index in [0.717, 1.165) is 0 Å². The predicted molar refractivity (Wildman–Crippen MR) is 65.2 cm³/mol. The Morgan fingerprint density at radius 2 is 2.05 bits per heavy atom. The second kappa shape index (κ2) is 6.65. The minimum absolute atomic E-state index is 0.0370. The molecular formula is C12H13ClF3NO2. The largest absolute Gasteiger partial charge is 0.508 e. The lowest BCUT2D eigenvalue weighted by molar-refractivity contribution is -0.160. The van der Waals surface area contributed by atoms with Gasteiger partial charge in [-0.2, -0.15) is 13.2 Å². The minimum Gasteiger partial charge on any atom is -0.508 e. The molecule has 0 bridgehead atoms. The molecule has 0 spiro atoms. The van der Waals surface area contributed by atoms with Gasteiger partial charge in [0.25, 0.3) is 0 Å². The summed E-state index contributed by atoms with van der Waals surface area (Å²) < 4.78 is 36.9. The van der Waals surface area contributed by atoms with Crippen LogP contribution in [0.15, 0.2) is 24.3 Å². The maximum absolute atomic E-state index is 12.3. The van der Waals surface area contributed by atoms with Crippen LogP contribution in [0.3, 0.4) is 0 Å². The van der Waals surface area contributed by atoms with Crippen molar-refractivity contribution in [3.8, 4) is 5.75 Å². The van der Waals surface area contributed by atoms with E-state index < -0.39 is 18.6 Å². The number of phenolic OH excluding ortho intramolecular Hbond substituents is 1. The molecule has 0 aliphatic carbocycles. The molecule has 1 amide bonds. The van der Waals surface area contributed by atoms with Gasteiger partial charge >= 0.3 is 6.18 Å². The van der Waals surface area contributed by atoms with Crippen molar-refractivity contribution in [3.05, 3.63) is 29.8 Å². The summed E-state index contributed by atoms with van der Waals surface area (Å²) in [6.07, 6.45) is -4.66. The van der Waals surface area contributed by atoms with E-state index in [4.69, 9.17) is 11.6 Å². The number of carbonyl (C=O) groups excluding carboxylic acids is 1. The van der Waals surface area contributed by atoms with E-state index >= 15 is 0 Å². The fourth-order valence-electron chi connectivity index (χ4n) is 1.56. The molecule has 1 aromatic rings. The molecule has 19 heavy (non-hydrogen) atoms. The van der Waals surface area contributed by atoms with E-state index in [1.165, 1.54) is 18.2 Å². The molecular weight excluding hydrogens is 283 g/mol. The van der Waals surface area contributed by atoms with Crippen LogP contribution < -0.4 is 0 Å². The Labute approximate surface area is 113 Å². The lowest BCUT2D eigenvalue weighted by Crippen LogP contribution is -2.40. The summed E-state index contributed by atoms with van der Waals surface area (Å²) in [5.74, 6) is -0.782. The summed E-state index contributed by atoms with van der Waals surface area (Å²) in [6.45, 7) is -1.49. The smallest absolute Gasteiger partial charge is 0.406 e. The standard InChI is InChI=1S/C12H13ClF3NO2/c13-4-5-17(8-12(14,15)16)11(19)7-9-2-1-3-10(18)6-9/h1-3,6,18H,4-5,7-8H2. The van der Waals surface area contributed by atoms with E-state index in [9.17, 15) is 23.1 Å². The zero-order valence-electron chi connectivity index (χ0n) is 9.95.